The summed E-state index contributed by atoms with van der Waals surface area (Å²) in [5, 5.41) is 1.58. The molecule has 0 amide bonds. The van der Waals surface area contributed by atoms with E-state index in [1.54, 1.807) is 22.2 Å². The lowest BCUT2D eigenvalue weighted by Crippen LogP contribution is -2.33. The molecular weight excluding hydrogens is 366 g/mol. The molecule has 26 heavy (non-hydrogen) atoms. The van der Waals surface area contributed by atoms with Crippen LogP contribution in [0.2, 0.25) is 5.02 Å². The van der Waals surface area contributed by atoms with Gasteiger partial charge in [0.1, 0.15) is 4.83 Å². The summed E-state index contributed by atoms with van der Waals surface area (Å²) < 4.78 is 1.73. The zero-order valence-electron chi connectivity index (χ0n) is 15.0. The maximum Gasteiger partial charge on any atom is 0.262 e. The van der Waals surface area contributed by atoms with Gasteiger partial charge in [-0.2, -0.15) is 0 Å². The monoisotopic (exact) mass is 387 g/mol. The van der Waals surface area contributed by atoms with Crippen molar-refractivity contribution in [2.75, 3.05) is 14.1 Å². The molecule has 0 fully saturated rings. The van der Waals surface area contributed by atoms with Crippen molar-refractivity contribution < 1.29 is 0 Å². The Morgan fingerprint density at radius 1 is 1.35 bits per heavy atom. The zero-order chi connectivity index (χ0) is 18.3. The lowest BCUT2D eigenvalue weighted by atomic mass is 9.92. The van der Waals surface area contributed by atoms with Gasteiger partial charge in [-0.1, -0.05) is 29.8 Å². The van der Waals surface area contributed by atoms with Crippen LogP contribution in [0.3, 0.4) is 0 Å². The molecule has 0 N–H and O–H groups in total. The molecule has 1 aliphatic carbocycles. The minimum absolute atomic E-state index is 0.0860. The lowest BCUT2D eigenvalue weighted by molar-refractivity contribution is 0.270. The van der Waals surface area contributed by atoms with Gasteiger partial charge in [-0.3, -0.25) is 9.36 Å². The van der Waals surface area contributed by atoms with Crippen LogP contribution < -0.4 is 5.56 Å². The van der Waals surface area contributed by atoms with E-state index in [1.165, 1.54) is 10.4 Å². The second-order valence-corrected chi connectivity index (χ2v) is 8.62. The second kappa shape index (κ2) is 7.14. The maximum absolute atomic E-state index is 13.1. The number of fused-ring (bicyclic) bond motifs is 3. The smallest absolute Gasteiger partial charge is 0.262 e. The van der Waals surface area contributed by atoms with E-state index in [4.69, 9.17) is 11.6 Å². The number of benzene rings is 1. The average Bonchev–Trinajstić information content (AvgIpc) is 3.00. The van der Waals surface area contributed by atoms with Crippen LogP contribution in [0.15, 0.2) is 35.4 Å². The van der Waals surface area contributed by atoms with Gasteiger partial charge in [0.15, 0.2) is 0 Å². The standard InChI is InChI=1S/C20H22ClN3OS/c1-23(2)14-7-8-15-17(11-14)26-19-18(15)20(25)24(12-22-19)10-9-13-5-3-4-6-16(13)21/h3-6,12,14H,7-11H2,1-2H3. The van der Waals surface area contributed by atoms with Gasteiger partial charge in [0.2, 0.25) is 0 Å². The molecule has 0 radical (unpaired) electrons. The fraction of sp³-hybridized carbons (Fsp3) is 0.400. The molecule has 0 saturated heterocycles. The molecule has 1 aromatic carbocycles. The third-order valence-corrected chi connectivity index (χ3v) is 6.85. The van der Waals surface area contributed by atoms with Crippen LogP contribution in [-0.4, -0.2) is 34.6 Å². The number of hydrogen-bond acceptors (Lipinski definition) is 4. The van der Waals surface area contributed by atoms with E-state index in [1.807, 2.05) is 24.3 Å². The first-order chi connectivity index (χ1) is 12.5. The number of halogens is 1. The van der Waals surface area contributed by atoms with E-state index >= 15 is 0 Å². The highest BCUT2D eigenvalue weighted by Crippen LogP contribution is 2.34. The first-order valence-corrected chi connectivity index (χ1v) is 10.1. The van der Waals surface area contributed by atoms with Crippen molar-refractivity contribution in [2.24, 2.45) is 0 Å². The van der Waals surface area contributed by atoms with Gasteiger partial charge in [0.25, 0.3) is 5.56 Å². The molecule has 6 heteroatoms. The van der Waals surface area contributed by atoms with Crippen molar-refractivity contribution in [2.45, 2.75) is 38.3 Å². The van der Waals surface area contributed by atoms with Crippen LogP contribution in [0.1, 0.15) is 22.4 Å². The Morgan fingerprint density at radius 2 is 2.15 bits per heavy atom. The van der Waals surface area contributed by atoms with Crippen LogP contribution in [0.25, 0.3) is 10.2 Å². The molecule has 0 bridgehead atoms. The predicted octanol–water partition coefficient (Wildman–Crippen LogP) is 3.77. The third-order valence-electron chi connectivity index (χ3n) is 5.32. The predicted molar refractivity (Wildman–Crippen MR) is 109 cm³/mol. The summed E-state index contributed by atoms with van der Waals surface area (Å²) in [6, 6.07) is 8.34. The molecule has 4 nitrogen and oxygen atoms in total. The van der Waals surface area contributed by atoms with E-state index in [2.05, 4.69) is 24.0 Å². The zero-order valence-corrected chi connectivity index (χ0v) is 16.6. The Balaban J connectivity index is 1.65. The maximum atomic E-state index is 13.1. The number of nitrogens with zero attached hydrogens (tertiary/aromatic N) is 3. The SMILES string of the molecule is CN(C)C1CCc2c(sc3ncn(CCc4ccccc4Cl)c(=O)c23)C1. The Hall–Kier alpha value is -1.69. The van der Waals surface area contributed by atoms with Crippen molar-refractivity contribution in [1.29, 1.82) is 0 Å². The van der Waals surface area contributed by atoms with Crippen molar-refractivity contribution in [1.82, 2.24) is 14.5 Å². The van der Waals surface area contributed by atoms with E-state index in [0.29, 0.717) is 12.6 Å². The molecular formula is C20H22ClN3OS. The summed E-state index contributed by atoms with van der Waals surface area (Å²) in [5.41, 5.74) is 2.37. The topological polar surface area (TPSA) is 38.1 Å². The van der Waals surface area contributed by atoms with Gasteiger partial charge in [-0.05, 0) is 57.0 Å². The number of rotatable bonds is 4. The molecule has 1 atom stereocenters. The quantitative estimate of drug-likeness (QED) is 0.683. The highest BCUT2D eigenvalue weighted by Gasteiger charge is 2.26. The molecule has 0 aliphatic heterocycles. The number of likely N-dealkylation sites (N-methyl/N-ethyl adjacent to an activating group) is 1. The normalized spacial score (nSPS) is 17.0. The highest BCUT2D eigenvalue weighted by atomic mass is 35.5. The highest BCUT2D eigenvalue weighted by molar-refractivity contribution is 7.18. The minimum Gasteiger partial charge on any atom is -0.306 e. The summed E-state index contributed by atoms with van der Waals surface area (Å²) >= 11 is 7.93. The number of aryl methyl sites for hydroxylation is 3. The van der Waals surface area contributed by atoms with Gasteiger partial charge in [-0.15, -0.1) is 11.3 Å². The third kappa shape index (κ3) is 3.20. The van der Waals surface area contributed by atoms with Crippen molar-refractivity contribution in [3.05, 3.63) is 62.0 Å². The first kappa shape index (κ1) is 17.7. The summed E-state index contributed by atoms with van der Waals surface area (Å²) in [4.78, 5) is 22.2. The van der Waals surface area contributed by atoms with E-state index in [9.17, 15) is 4.79 Å². The second-order valence-electron chi connectivity index (χ2n) is 7.13. The summed E-state index contributed by atoms with van der Waals surface area (Å²) in [6.07, 6.45) is 5.49. The van der Waals surface area contributed by atoms with E-state index < -0.39 is 0 Å². The van der Waals surface area contributed by atoms with Crippen LogP contribution >= 0.6 is 22.9 Å². The Kier molecular flexibility index (Phi) is 4.86. The fourth-order valence-electron chi connectivity index (χ4n) is 3.73. The van der Waals surface area contributed by atoms with E-state index in [0.717, 1.165) is 46.5 Å². The lowest BCUT2D eigenvalue weighted by Gasteiger charge is -2.27. The average molecular weight is 388 g/mol. The molecule has 1 aliphatic rings. The van der Waals surface area contributed by atoms with Gasteiger partial charge >= 0.3 is 0 Å². The molecule has 0 spiro atoms. The Labute approximate surface area is 162 Å². The molecule has 2 aromatic heterocycles. The van der Waals surface area contributed by atoms with Gasteiger partial charge in [0.05, 0.1) is 11.7 Å². The Morgan fingerprint density at radius 3 is 2.92 bits per heavy atom. The van der Waals surface area contributed by atoms with Crippen molar-refractivity contribution in [3.8, 4) is 0 Å². The molecule has 1 unspecified atom stereocenters. The largest absolute Gasteiger partial charge is 0.306 e. The molecule has 2 heterocycles. The molecule has 0 saturated carbocycles. The van der Waals surface area contributed by atoms with Crippen molar-refractivity contribution >= 4 is 33.2 Å². The van der Waals surface area contributed by atoms with Gasteiger partial charge < -0.3 is 4.90 Å². The van der Waals surface area contributed by atoms with Gasteiger partial charge in [-0.25, -0.2) is 4.98 Å². The van der Waals surface area contributed by atoms with Crippen LogP contribution in [0, 0.1) is 0 Å². The van der Waals surface area contributed by atoms with Gasteiger partial charge in [0, 0.05) is 22.5 Å². The number of thiophene rings is 1. The number of hydrogen-bond donors (Lipinski definition) is 0. The van der Waals surface area contributed by atoms with Crippen LogP contribution in [0.4, 0.5) is 0 Å². The van der Waals surface area contributed by atoms with Crippen molar-refractivity contribution in [3.63, 3.8) is 0 Å². The fourth-order valence-corrected chi connectivity index (χ4v) is 5.20. The minimum atomic E-state index is 0.0860. The summed E-state index contributed by atoms with van der Waals surface area (Å²) in [5.74, 6) is 0. The molecule has 3 aromatic rings. The molecule has 4 rings (SSSR count). The Bertz CT molecular complexity index is 1010. The van der Waals surface area contributed by atoms with Crippen LogP contribution in [0.5, 0.6) is 0 Å². The van der Waals surface area contributed by atoms with Crippen LogP contribution in [-0.2, 0) is 25.8 Å². The first-order valence-electron chi connectivity index (χ1n) is 8.94. The number of aromatic nitrogens is 2. The van der Waals surface area contributed by atoms with E-state index in [-0.39, 0.29) is 5.56 Å². The summed E-state index contributed by atoms with van der Waals surface area (Å²) in [6.45, 7) is 0.594. The molecule has 136 valence electrons. The summed E-state index contributed by atoms with van der Waals surface area (Å²) in [7, 11) is 4.26.